The Kier molecular flexibility index (Phi) is 2.61. The van der Waals surface area contributed by atoms with Gasteiger partial charge in [-0.3, -0.25) is 9.59 Å². The average Bonchev–Trinajstić information content (AvgIpc) is 2.83. The summed E-state index contributed by atoms with van der Waals surface area (Å²) in [5.74, 6) is 1.20. The van der Waals surface area contributed by atoms with Gasteiger partial charge >= 0.3 is 0 Å². The molecule has 9 atom stereocenters. The lowest BCUT2D eigenvalue weighted by atomic mass is 9.21. The third-order valence-electron chi connectivity index (χ3n) is 9.94. The number of rotatable bonds is 0. The van der Waals surface area contributed by atoms with Crippen molar-refractivity contribution in [3.05, 3.63) is 24.5 Å². The molecule has 2 aliphatic heterocycles. The molecule has 4 heteroatoms. The number of carbonyl (C=O) groups is 2. The van der Waals surface area contributed by atoms with Crippen LogP contribution in [0.25, 0.3) is 0 Å². The van der Waals surface area contributed by atoms with E-state index in [1.165, 1.54) is 0 Å². The Labute approximate surface area is 160 Å². The second-order valence-electron chi connectivity index (χ2n) is 11.1. The number of hydrogen-bond donors (Lipinski definition) is 1. The third-order valence-corrected chi connectivity index (χ3v) is 9.94. The smallest absolute Gasteiger partial charge is 0.161 e. The van der Waals surface area contributed by atoms with Crippen LogP contribution in [0.15, 0.2) is 24.5 Å². The molecule has 9 unspecified atom stereocenters. The molecule has 2 bridgehead atoms. The van der Waals surface area contributed by atoms with E-state index in [-0.39, 0.29) is 29.0 Å². The first kappa shape index (κ1) is 16.5. The highest BCUT2D eigenvalue weighted by Crippen LogP contribution is 2.82. The quantitative estimate of drug-likeness (QED) is 0.714. The first-order valence-electron chi connectivity index (χ1n) is 10.4. The third kappa shape index (κ3) is 1.34. The number of aliphatic hydroxyl groups is 1. The van der Waals surface area contributed by atoms with E-state index in [1.54, 1.807) is 12.3 Å². The monoisotopic (exact) mass is 368 g/mol. The fourth-order valence-corrected chi connectivity index (χ4v) is 8.99. The van der Waals surface area contributed by atoms with Crippen molar-refractivity contribution in [3.63, 3.8) is 0 Å². The Morgan fingerprint density at radius 2 is 1.85 bits per heavy atom. The number of allylic oxidation sites excluding steroid dienone is 3. The maximum atomic E-state index is 13.7. The van der Waals surface area contributed by atoms with E-state index < -0.39 is 28.5 Å². The van der Waals surface area contributed by atoms with Gasteiger partial charge in [0, 0.05) is 22.7 Å². The van der Waals surface area contributed by atoms with E-state index in [0.717, 1.165) is 12.8 Å². The maximum absolute atomic E-state index is 13.7. The van der Waals surface area contributed by atoms with E-state index in [1.807, 2.05) is 19.9 Å². The van der Waals surface area contributed by atoms with Crippen LogP contribution in [0.2, 0.25) is 0 Å². The second-order valence-corrected chi connectivity index (χ2v) is 11.1. The second kappa shape index (κ2) is 4.27. The standard InChI is InChI=1S/C23H28O4/c1-20(2)11-5-6-12-22-8-7-13(24)21(3,4)17(22)16(25)19(27-10-9-22)23(12)14(11)15(20)18(23)26/h7-12,14-17,19,25H,5-6H2,1-4H3. The summed E-state index contributed by atoms with van der Waals surface area (Å²) >= 11 is 0. The summed E-state index contributed by atoms with van der Waals surface area (Å²) in [5, 5.41) is 11.5. The van der Waals surface area contributed by atoms with Crippen molar-refractivity contribution in [2.45, 2.75) is 52.7 Å². The predicted octanol–water partition coefficient (Wildman–Crippen LogP) is 2.91. The molecule has 4 fully saturated rings. The fraction of sp³-hybridized carbons (Fsp3) is 0.739. The van der Waals surface area contributed by atoms with Gasteiger partial charge in [-0.05, 0) is 48.2 Å². The van der Waals surface area contributed by atoms with Crippen molar-refractivity contribution < 1.29 is 19.4 Å². The number of fused-ring (bicyclic) bond motifs is 1. The molecule has 0 radical (unpaired) electrons. The van der Waals surface area contributed by atoms with Gasteiger partial charge in [0.2, 0.25) is 0 Å². The van der Waals surface area contributed by atoms with E-state index in [9.17, 15) is 14.7 Å². The Morgan fingerprint density at radius 3 is 2.59 bits per heavy atom. The summed E-state index contributed by atoms with van der Waals surface area (Å²) < 4.78 is 6.13. The summed E-state index contributed by atoms with van der Waals surface area (Å²) in [6, 6.07) is 0. The summed E-state index contributed by atoms with van der Waals surface area (Å²) in [7, 11) is 0. The van der Waals surface area contributed by atoms with Crippen molar-refractivity contribution in [1.29, 1.82) is 0 Å². The molecule has 1 N–H and O–H groups in total. The highest BCUT2D eigenvalue weighted by atomic mass is 16.5. The minimum absolute atomic E-state index is 0.0588. The molecule has 144 valence electrons. The maximum Gasteiger partial charge on any atom is 0.161 e. The molecule has 0 aromatic heterocycles. The van der Waals surface area contributed by atoms with E-state index in [0.29, 0.717) is 17.6 Å². The Hall–Kier alpha value is -1.42. The zero-order chi connectivity index (χ0) is 19.1. The molecule has 27 heavy (non-hydrogen) atoms. The van der Waals surface area contributed by atoms with Crippen LogP contribution in [0.3, 0.4) is 0 Å². The van der Waals surface area contributed by atoms with E-state index >= 15 is 0 Å². The van der Waals surface area contributed by atoms with Crippen molar-refractivity contribution in [1.82, 2.24) is 0 Å². The molecule has 4 saturated carbocycles. The lowest BCUT2D eigenvalue weighted by Gasteiger charge is -2.80. The van der Waals surface area contributed by atoms with Crippen molar-refractivity contribution in [3.8, 4) is 0 Å². The molecular weight excluding hydrogens is 340 g/mol. The van der Waals surface area contributed by atoms with Gasteiger partial charge in [0.25, 0.3) is 0 Å². The van der Waals surface area contributed by atoms with Gasteiger partial charge in [0.05, 0.1) is 17.8 Å². The molecule has 7 aliphatic rings. The number of Topliss-reactive ketones (excluding diaryl/α,β-unsaturated/α-hetero) is 1. The van der Waals surface area contributed by atoms with Crippen LogP contribution in [0.4, 0.5) is 0 Å². The van der Waals surface area contributed by atoms with Gasteiger partial charge in [-0.25, -0.2) is 0 Å². The highest BCUT2D eigenvalue weighted by molar-refractivity contribution is 6.00. The molecule has 4 nitrogen and oxygen atoms in total. The van der Waals surface area contributed by atoms with Crippen molar-refractivity contribution >= 4 is 11.6 Å². The van der Waals surface area contributed by atoms with Gasteiger partial charge in [0.1, 0.15) is 11.9 Å². The normalized spacial score (nSPS) is 57.4. The number of hydrogen-bond acceptors (Lipinski definition) is 4. The summed E-state index contributed by atoms with van der Waals surface area (Å²) in [4.78, 5) is 26.4. The first-order chi connectivity index (χ1) is 12.6. The van der Waals surface area contributed by atoms with Crippen LogP contribution in [0.1, 0.15) is 40.5 Å². The van der Waals surface area contributed by atoms with Gasteiger partial charge in [-0.1, -0.05) is 33.8 Å². The topological polar surface area (TPSA) is 63.6 Å². The van der Waals surface area contributed by atoms with Crippen LogP contribution < -0.4 is 0 Å². The molecule has 0 aromatic carbocycles. The number of carbonyl (C=O) groups excluding carboxylic acids is 2. The van der Waals surface area contributed by atoms with Crippen LogP contribution in [0, 0.1) is 51.2 Å². The van der Waals surface area contributed by atoms with Crippen LogP contribution in [0.5, 0.6) is 0 Å². The number of ketones is 2. The van der Waals surface area contributed by atoms with Gasteiger partial charge in [-0.15, -0.1) is 0 Å². The van der Waals surface area contributed by atoms with Crippen molar-refractivity contribution in [2.75, 3.05) is 0 Å². The minimum Gasteiger partial charge on any atom is -0.495 e. The van der Waals surface area contributed by atoms with Gasteiger partial charge in [0.15, 0.2) is 5.78 Å². The molecule has 0 amide bonds. The zero-order valence-electron chi connectivity index (χ0n) is 16.4. The first-order valence-corrected chi connectivity index (χ1v) is 10.4. The molecule has 7 rings (SSSR count). The van der Waals surface area contributed by atoms with Crippen molar-refractivity contribution in [2.24, 2.45) is 51.2 Å². The molecule has 5 aliphatic carbocycles. The molecule has 0 saturated heterocycles. The highest BCUT2D eigenvalue weighted by Gasteiger charge is 2.87. The van der Waals surface area contributed by atoms with E-state index in [4.69, 9.17) is 4.74 Å². The lowest BCUT2D eigenvalue weighted by Crippen LogP contribution is -2.86. The molecule has 0 aromatic rings. The minimum atomic E-state index is -0.812. The van der Waals surface area contributed by atoms with Crippen LogP contribution in [-0.2, 0) is 14.3 Å². The number of ether oxygens (including phenoxy) is 1. The predicted molar refractivity (Wildman–Crippen MR) is 98.3 cm³/mol. The van der Waals surface area contributed by atoms with Gasteiger partial charge in [-0.2, -0.15) is 0 Å². The zero-order valence-corrected chi connectivity index (χ0v) is 16.4. The summed E-state index contributed by atoms with van der Waals surface area (Å²) in [6.45, 7) is 8.36. The number of aliphatic hydroxyl groups excluding tert-OH is 1. The Balaban J connectivity index is 1.60. The fourth-order valence-electron chi connectivity index (χ4n) is 8.99. The van der Waals surface area contributed by atoms with Gasteiger partial charge < -0.3 is 9.84 Å². The largest absolute Gasteiger partial charge is 0.495 e. The lowest BCUT2D eigenvalue weighted by molar-refractivity contribution is -0.323. The average molecular weight is 368 g/mol. The van der Waals surface area contributed by atoms with Crippen LogP contribution >= 0.6 is 0 Å². The SMILES string of the molecule is CC1(C)C(=O)C=CC23C=COC(C(O)C12)C12C(=O)C4C1C(CCC32)C4(C)C. The Bertz CT molecular complexity index is 850. The summed E-state index contributed by atoms with van der Waals surface area (Å²) in [6.07, 6.45) is 8.24. The summed E-state index contributed by atoms with van der Waals surface area (Å²) in [5.41, 5.74) is -1.66. The van der Waals surface area contributed by atoms with E-state index in [2.05, 4.69) is 19.9 Å². The molecule has 2 spiro atoms. The van der Waals surface area contributed by atoms with Crippen LogP contribution in [-0.4, -0.2) is 28.9 Å². The molecule has 2 heterocycles. The molecular formula is C23H28O4. The Morgan fingerprint density at radius 1 is 1.11 bits per heavy atom.